The number of aryl methyl sites for hydroxylation is 2. The van der Waals surface area contributed by atoms with E-state index in [0.717, 1.165) is 35.4 Å². The van der Waals surface area contributed by atoms with Gasteiger partial charge in [0.05, 0.1) is 5.56 Å². The van der Waals surface area contributed by atoms with Gasteiger partial charge in [-0.2, -0.15) is 0 Å². The lowest BCUT2D eigenvalue weighted by atomic mass is 9.96. The van der Waals surface area contributed by atoms with Crippen LogP contribution < -0.4 is 4.74 Å². The van der Waals surface area contributed by atoms with Crippen LogP contribution in [0.15, 0.2) is 42.6 Å². The largest absolute Gasteiger partial charge is 0.489 e. The predicted octanol–water partition coefficient (Wildman–Crippen LogP) is 3.36. The van der Waals surface area contributed by atoms with Gasteiger partial charge in [0.15, 0.2) is 5.78 Å². The molecule has 0 N–H and O–H groups in total. The number of aromatic nitrogens is 1. The minimum Gasteiger partial charge on any atom is -0.489 e. The zero-order chi connectivity index (χ0) is 13.9. The van der Waals surface area contributed by atoms with Gasteiger partial charge in [0.25, 0.3) is 0 Å². The Morgan fingerprint density at radius 3 is 3.00 bits per heavy atom. The number of pyridine rings is 1. The van der Waals surface area contributed by atoms with Crippen LogP contribution in [-0.2, 0) is 6.42 Å². The fourth-order valence-corrected chi connectivity index (χ4v) is 2.52. The zero-order valence-corrected chi connectivity index (χ0v) is 11.5. The fraction of sp³-hybridized carbons (Fsp3) is 0.294. The smallest absolute Gasteiger partial charge is 0.170 e. The van der Waals surface area contributed by atoms with Crippen molar-refractivity contribution in [2.24, 2.45) is 0 Å². The Kier molecular flexibility index (Phi) is 3.50. The molecule has 1 aliphatic rings. The van der Waals surface area contributed by atoms with Gasteiger partial charge in [-0.15, -0.1) is 0 Å². The van der Waals surface area contributed by atoms with E-state index in [2.05, 4.69) is 4.98 Å². The van der Waals surface area contributed by atoms with Crippen LogP contribution in [0.25, 0.3) is 0 Å². The molecule has 0 fully saturated rings. The first-order chi connectivity index (χ1) is 9.72. The van der Waals surface area contributed by atoms with Crippen molar-refractivity contribution in [3.63, 3.8) is 0 Å². The molecule has 0 spiro atoms. The number of hydrogen-bond donors (Lipinski definition) is 0. The number of ketones is 1. The second-order valence-electron chi connectivity index (χ2n) is 5.23. The number of nitrogens with zero attached hydrogens (tertiary/aromatic N) is 1. The van der Waals surface area contributed by atoms with E-state index in [9.17, 15) is 4.79 Å². The van der Waals surface area contributed by atoms with Gasteiger partial charge in [-0.05, 0) is 44.0 Å². The number of fused-ring (bicyclic) bond motifs is 1. The van der Waals surface area contributed by atoms with Crippen molar-refractivity contribution in [3.8, 4) is 5.75 Å². The SMILES string of the molecule is Cc1ccc2c(c1)C(=O)C[C@@H](CCc1ccccn1)O2. The molecule has 0 amide bonds. The van der Waals surface area contributed by atoms with Crippen molar-refractivity contribution in [2.45, 2.75) is 32.3 Å². The maximum absolute atomic E-state index is 12.2. The van der Waals surface area contributed by atoms with E-state index in [1.165, 1.54) is 0 Å². The van der Waals surface area contributed by atoms with Gasteiger partial charge in [0, 0.05) is 18.3 Å². The quantitative estimate of drug-likeness (QED) is 0.856. The Labute approximate surface area is 118 Å². The van der Waals surface area contributed by atoms with Crippen LogP contribution in [0.1, 0.15) is 34.5 Å². The number of ether oxygens (including phenoxy) is 1. The van der Waals surface area contributed by atoms with E-state index < -0.39 is 0 Å². The van der Waals surface area contributed by atoms with Gasteiger partial charge >= 0.3 is 0 Å². The monoisotopic (exact) mass is 267 g/mol. The van der Waals surface area contributed by atoms with Gasteiger partial charge in [0.2, 0.25) is 0 Å². The minimum absolute atomic E-state index is 0.0419. The second kappa shape index (κ2) is 5.45. The minimum atomic E-state index is -0.0419. The standard InChI is InChI=1S/C17H17NO2/c1-12-5-8-17-15(10-12)16(19)11-14(20-17)7-6-13-4-2-3-9-18-13/h2-5,8-10,14H,6-7,11H2,1H3/t14-/m1/s1. The molecule has 0 saturated carbocycles. The first-order valence-corrected chi connectivity index (χ1v) is 6.93. The Hall–Kier alpha value is -2.16. The molecule has 3 rings (SSSR count). The summed E-state index contributed by atoms with van der Waals surface area (Å²) in [7, 11) is 0. The lowest BCUT2D eigenvalue weighted by molar-refractivity contribution is 0.0839. The van der Waals surface area contributed by atoms with Crippen LogP contribution in [0, 0.1) is 6.92 Å². The lowest BCUT2D eigenvalue weighted by Gasteiger charge is -2.25. The number of carbonyl (C=O) groups excluding carboxylic acids is 1. The van der Waals surface area contributed by atoms with Crippen molar-refractivity contribution < 1.29 is 9.53 Å². The summed E-state index contributed by atoms with van der Waals surface area (Å²) >= 11 is 0. The number of carbonyl (C=O) groups is 1. The van der Waals surface area contributed by atoms with Crippen LogP contribution in [0.2, 0.25) is 0 Å². The van der Waals surface area contributed by atoms with E-state index >= 15 is 0 Å². The van der Waals surface area contributed by atoms with Gasteiger partial charge in [-0.3, -0.25) is 9.78 Å². The molecule has 0 unspecified atom stereocenters. The summed E-state index contributed by atoms with van der Waals surface area (Å²) in [6.07, 6.45) is 3.86. The number of hydrogen-bond acceptors (Lipinski definition) is 3. The average Bonchev–Trinajstić information content (AvgIpc) is 2.47. The van der Waals surface area contributed by atoms with Crippen LogP contribution in [0.4, 0.5) is 0 Å². The van der Waals surface area contributed by atoms with Crippen molar-refractivity contribution >= 4 is 5.78 Å². The van der Waals surface area contributed by atoms with Gasteiger partial charge in [0.1, 0.15) is 11.9 Å². The first-order valence-electron chi connectivity index (χ1n) is 6.93. The lowest BCUT2D eigenvalue weighted by Crippen LogP contribution is -2.27. The Morgan fingerprint density at radius 1 is 1.30 bits per heavy atom. The summed E-state index contributed by atoms with van der Waals surface area (Å²) < 4.78 is 5.93. The zero-order valence-electron chi connectivity index (χ0n) is 11.5. The van der Waals surface area contributed by atoms with E-state index in [1.54, 1.807) is 6.20 Å². The van der Waals surface area contributed by atoms with Crippen molar-refractivity contribution in [3.05, 3.63) is 59.4 Å². The molecule has 0 aliphatic carbocycles. The fourth-order valence-electron chi connectivity index (χ4n) is 2.52. The van der Waals surface area contributed by atoms with Crippen molar-refractivity contribution in [1.29, 1.82) is 0 Å². The number of rotatable bonds is 3. The first kappa shape index (κ1) is 12.9. The van der Waals surface area contributed by atoms with Gasteiger partial charge in [-0.25, -0.2) is 0 Å². The summed E-state index contributed by atoms with van der Waals surface area (Å²) in [5, 5.41) is 0. The third-order valence-corrected chi connectivity index (χ3v) is 3.59. The highest BCUT2D eigenvalue weighted by atomic mass is 16.5. The Morgan fingerprint density at radius 2 is 2.20 bits per heavy atom. The molecule has 2 aromatic rings. The molecule has 0 bridgehead atoms. The normalized spacial score (nSPS) is 17.4. The topological polar surface area (TPSA) is 39.2 Å². The van der Waals surface area contributed by atoms with Crippen LogP contribution >= 0.6 is 0 Å². The maximum atomic E-state index is 12.2. The third-order valence-electron chi connectivity index (χ3n) is 3.59. The molecular formula is C17H17NO2. The molecule has 2 heterocycles. The Bertz CT molecular complexity index is 622. The summed E-state index contributed by atoms with van der Waals surface area (Å²) in [6.45, 7) is 1.99. The number of benzene rings is 1. The Balaban J connectivity index is 1.69. The predicted molar refractivity (Wildman–Crippen MR) is 77.1 cm³/mol. The van der Waals surface area contributed by atoms with Crippen LogP contribution in [0.3, 0.4) is 0 Å². The second-order valence-corrected chi connectivity index (χ2v) is 5.23. The van der Waals surface area contributed by atoms with Gasteiger partial charge < -0.3 is 4.74 Å². The third kappa shape index (κ3) is 2.72. The van der Waals surface area contributed by atoms with Crippen LogP contribution in [0.5, 0.6) is 5.75 Å². The van der Waals surface area contributed by atoms with Crippen molar-refractivity contribution in [2.75, 3.05) is 0 Å². The molecule has 3 heteroatoms. The van der Waals surface area contributed by atoms with E-state index in [1.807, 2.05) is 43.3 Å². The van der Waals surface area contributed by atoms with Crippen molar-refractivity contribution in [1.82, 2.24) is 4.98 Å². The molecule has 1 aromatic heterocycles. The molecule has 3 nitrogen and oxygen atoms in total. The molecule has 0 saturated heterocycles. The summed E-state index contributed by atoms with van der Waals surface area (Å²) in [4.78, 5) is 16.5. The highest BCUT2D eigenvalue weighted by molar-refractivity contribution is 6.00. The van der Waals surface area contributed by atoms with E-state index in [0.29, 0.717) is 6.42 Å². The molecule has 20 heavy (non-hydrogen) atoms. The van der Waals surface area contributed by atoms with E-state index in [-0.39, 0.29) is 11.9 Å². The molecule has 1 atom stereocenters. The summed E-state index contributed by atoms with van der Waals surface area (Å²) in [5.74, 6) is 0.902. The summed E-state index contributed by atoms with van der Waals surface area (Å²) in [6, 6.07) is 11.7. The molecule has 102 valence electrons. The highest BCUT2D eigenvalue weighted by Crippen LogP contribution is 2.29. The van der Waals surface area contributed by atoms with Gasteiger partial charge in [-0.1, -0.05) is 17.7 Å². The highest BCUT2D eigenvalue weighted by Gasteiger charge is 2.26. The molecule has 1 aromatic carbocycles. The maximum Gasteiger partial charge on any atom is 0.170 e. The average molecular weight is 267 g/mol. The summed E-state index contributed by atoms with van der Waals surface area (Å²) in [5.41, 5.74) is 2.85. The molecule has 0 radical (unpaired) electrons. The molecular weight excluding hydrogens is 250 g/mol. The van der Waals surface area contributed by atoms with E-state index in [4.69, 9.17) is 4.74 Å². The molecule has 1 aliphatic heterocycles. The van der Waals surface area contributed by atoms with Crippen LogP contribution in [-0.4, -0.2) is 16.9 Å². The number of Topliss-reactive ketones (excluding diaryl/α,β-unsaturated/α-hetero) is 1.